The summed E-state index contributed by atoms with van der Waals surface area (Å²) in [5.74, 6) is 0. The zero-order valence-electron chi connectivity index (χ0n) is 9.84. The van der Waals surface area contributed by atoms with E-state index in [1.54, 1.807) is 0 Å². The second-order valence-corrected chi connectivity index (χ2v) is 4.67. The van der Waals surface area contributed by atoms with Crippen molar-refractivity contribution in [1.82, 2.24) is 0 Å². The van der Waals surface area contributed by atoms with Gasteiger partial charge in [-0.05, 0) is 54.7 Å². The summed E-state index contributed by atoms with van der Waals surface area (Å²) in [6.45, 7) is 6.28. The van der Waals surface area contributed by atoms with E-state index >= 15 is 0 Å². The van der Waals surface area contributed by atoms with Crippen molar-refractivity contribution in [3.8, 4) is 11.1 Å². The van der Waals surface area contributed by atoms with Crippen molar-refractivity contribution in [2.75, 3.05) is 0 Å². The SMILES string of the molecule is Cc1ccc(-c2ccc(C)c(Cl)c2)cc1C. The second-order valence-electron chi connectivity index (χ2n) is 4.26. The van der Waals surface area contributed by atoms with Crippen LogP contribution in [0.15, 0.2) is 36.4 Å². The maximum Gasteiger partial charge on any atom is 0.0441 e. The lowest BCUT2D eigenvalue weighted by Crippen LogP contribution is -1.84. The molecule has 0 aliphatic carbocycles. The van der Waals surface area contributed by atoms with Crippen LogP contribution in [-0.4, -0.2) is 0 Å². The first-order valence-corrected chi connectivity index (χ1v) is 5.79. The largest absolute Gasteiger partial charge is 0.0840 e. The molecule has 0 saturated carbocycles. The van der Waals surface area contributed by atoms with Crippen molar-refractivity contribution in [3.63, 3.8) is 0 Å². The molecule has 0 aliphatic rings. The molecule has 2 aromatic carbocycles. The smallest absolute Gasteiger partial charge is 0.0441 e. The average molecular weight is 231 g/mol. The number of benzene rings is 2. The maximum absolute atomic E-state index is 6.13. The van der Waals surface area contributed by atoms with E-state index in [4.69, 9.17) is 11.6 Å². The molecule has 2 aromatic rings. The van der Waals surface area contributed by atoms with E-state index in [-0.39, 0.29) is 0 Å². The molecule has 0 atom stereocenters. The minimum Gasteiger partial charge on any atom is -0.0840 e. The van der Waals surface area contributed by atoms with Crippen molar-refractivity contribution in [2.24, 2.45) is 0 Å². The topological polar surface area (TPSA) is 0 Å². The molecule has 0 nitrogen and oxygen atoms in total. The van der Waals surface area contributed by atoms with Crippen LogP contribution >= 0.6 is 11.6 Å². The lowest BCUT2D eigenvalue weighted by atomic mass is 10.00. The van der Waals surface area contributed by atoms with Crippen LogP contribution in [0.4, 0.5) is 0 Å². The van der Waals surface area contributed by atoms with Gasteiger partial charge in [0.2, 0.25) is 0 Å². The van der Waals surface area contributed by atoms with Crippen LogP contribution < -0.4 is 0 Å². The molecule has 0 aromatic heterocycles. The van der Waals surface area contributed by atoms with Crippen LogP contribution in [0.3, 0.4) is 0 Å². The highest BCUT2D eigenvalue weighted by atomic mass is 35.5. The first-order valence-electron chi connectivity index (χ1n) is 5.42. The highest BCUT2D eigenvalue weighted by Gasteiger charge is 2.02. The van der Waals surface area contributed by atoms with E-state index in [9.17, 15) is 0 Å². The van der Waals surface area contributed by atoms with E-state index < -0.39 is 0 Å². The highest BCUT2D eigenvalue weighted by Crippen LogP contribution is 2.26. The van der Waals surface area contributed by atoms with Gasteiger partial charge in [0.05, 0.1) is 0 Å². The summed E-state index contributed by atoms with van der Waals surface area (Å²) in [5, 5.41) is 0.829. The summed E-state index contributed by atoms with van der Waals surface area (Å²) in [5.41, 5.74) is 6.16. The predicted octanol–water partition coefficient (Wildman–Crippen LogP) is 4.93. The molecule has 16 heavy (non-hydrogen) atoms. The number of halogens is 1. The van der Waals surface area contributed by atoms with Gasteiger partial charge in [0.15, 0.2) is 0 Å². The van der Waals surface area contributed by atoms with E-state index in [0.717, 1.165) is 10.6 Å². The molecule has 0 N–H and O–H groups in total. The molecule has 82 valence electrons. The van der Waals surface area contributed by atoms with Gasteiger partial charge in [-0.25, -0.2) is 0 Å². The fourth-order valence-electron chi connectivity index (χ4n) is 1.69. The summed E-state index contributed by atoms with van der Waals surface area (Å²) in [6, 6.07) is 12.7. The van der Waals surface area contributed by atoms with Crippen LogP contribution in [0.25, 0.3) is 11.1 Å². The zero-order valence-corrected chi connectivity index (χ0v) is 10.6. The Morgan fingerprint density at radius 3 is 1.81 bits per heavy atom. The lowest BCUT2D eigenvalue weighted by molar-refractivity contribution is 1.34. The van der Waals surface area contributed by atoms with Crippen molar-refractivity contribution in [3.05, 3.63) is 58.1 Å². The number of rotatable bonds is 1. The molecule has 0 aliphatic heterocycles. The summed E-state index contributed by atoms with van der Waals surface area (Å²) >= 11 is 6.13. The van der Waals surface area contributed by atoms with Gasteiger partial charge in [0.25, 0.3) is 0 Å². The Kier molecular flexibility index (Phi) is 3.02. The van der Waals surface area contributed by atoms with Crippen LogP contribution in [0, 0.1) is 20.8 Å². The van der Waals surface area contributed by atoms with Gasteiger partial charge in [-0.3, -0.25) is 0 Å². The normalized spacial score (nSPS) is 10.5. The first kappa shape index (κ1) is 11.2. The number of hydrogen-bond acceptors (Lipinski definition) is 0. The van der Waals surface area contributed by atoms with Crippen molar-refractivity contribution in [2.45, 2.75) is 20.8 Å². The monoisotopic (exact) mass is 230 g/mol. The fourth-order valence-corrected chi connectivity index (χ4v) is 1.87. The predicted molar refractivity (Wildman–Crippen MR) is 71.1 cm³/mol. The van der Waals surface area contributed by atoms with Crippen molar-refractivity contribution < 1.29 is 0 Å². The molecule has 0 amide bonds. The zero-order chi connectivity index (χ0) is 11.7. The third kappa shape index (κ3) is 2.12. The minimum atomic E-state index is 0.829. The molecule has 0 bridgehead atoms. The summed E-state index contributed by atoms with van der Waals surface area (Å²) < 4.78 is 0. The summed E-state index contributed by atoms with van der Waals surface area (Å²) in [4.78, 5) is 0. The third-order valence-corrected chi connectivity index (χ3v) is 3.42. The van der Waals surface area contributed by atoms with E-state index in [1.807, 2.05) is 13.0 Å². The van der Waals surface area contributed by atoms with Crippen LogP contribution in [0.2, 0.25) is 5.02 Å². The Balaban J connectivity index is 2.50. The Morgan fingerprint density at radius 2 is 1.25 bits per heavy atom. The number of aryl methyl sites for hydroxylation is 3. The van der Waals surface area contributed by atoms with E-state index in [1.165, 1.54) is 22.3 Å². The first-order chi connectivity index (χ1) is 7.58. The summed E-state index contributed by atoms with van der Waals surface area (Å²) in [6.07, 6.45) is 0. The van der Waals surface area contributed by atoms with Gasteiger partial charge in [-0.1, -0.05) is 41.9 Å². The quantitative estimate of drug-likeness (QED) is 0.652. The van der Waals surface area contributed by atoms with Crippen LogP contribution in [0.5, 0.6) is 0 Å². The van der Waals surface area contributed by atoms with Gasteiger partial charge in [-0.15, -0.1) is 0 Å². The highest BCUT2D eigenvalue weighted by molar-refractivity contribution is 6.31. The number of hydrogen-bond donors (Lipinski definition) is 0. The lowest BCUT2D eigenvalue weighted by Gasteiger charge is -2.07. The fraction of sp³-hybridized carbons (Fsp3) is 0.200. The molecular formula is C15H15Cl. The molecular weight excluding hydrogens is 216 g/mol. The van der Waals surface area contributed by atoms with Gasteiger partial charge < -0.3 is 0 Å². The Morgan fingerprint density at radius 1 is 0.688 bits per heavy atom. The molecule has 1 heteroatoms. The minimum absolute atomic E-state index is 0.829. The standard InChI is InChI=1S/C15H15Cl/c1-10-4-6-13(8-12(10)3)14-7-5-11(2)15(16)9-14/h4-9H,1-3H3. The molecule has 0 heterocycles. The van der Waals surface area contributed by atoms with Gasteiger partial charge in [0, 0.05) is 5.02 Å². The van der Waals surface area contributed by atoms with Crippen molar-refractivity contribution in [1.29, 1.82) is 0 Å². The molecule has 0 saturated heterocycles. The molecule has 2 rings (SSSR count). The van der Waals surface area contributed by atoms with Crippen molar-refractivity contribution >= 4 is 11.6 Å². The Bertz CT molecular complexity index is 477. The van der Waals surface area contributed by atoms with Gasteiger partial charge in [0.1, 0.15) is 0 Å². The molecule has 0 unspecified atom stereocenters. The summed E-state index contributed by atoms with van der Waals surface area (Å²) in [7, 11) is 0. The Hall–Kier alpha value is -1.27. The molecule has 0 spiro atoms. The van der Waals surface area contributed by atoms with Gasteiger partial charge in [-0.2, -0.15) is 0 Å². The van der Waals surface area contributed by atoms with E-state index in [2.05, 4.69) is 44.2 Å². The van der Waals surface area contributed by atoms with Crippen LogP contribution in [0.1, 0.15) is 16.7 Å². The van der Waals surface area contributed by atoms with Crippen LogP contribution in [-0.2, 0) is 0 Å². The Labute approximate surface area is 102 Å². The third-order valence-electron chi connectivity index (χ3n) is 3.01. The average Bonchev–Trinajstić information content (AvgIpc) is 2.26. The maximum atomic E-state index is 6.13. The second kappa shape index (κ2) is 4.31. The van der Waals surface area contributed by atoms with Gasteiger partial charge >= 0.3 is 0 Å². The molecule has 0 fully saturated rings. The van der Waals surface area contributed by atoms with E-state index in [0.29, 0.717) is 0 Å². The molecule has 0 radical (unpaired) electrons.